The first kappa shape index (κ1) is 72.2. The zero-order valence-electron chi connectivity index (χ0n) is 61.8. The van der Waals surface area contributed by atoms with Crippen LogP contribution in [-0.2, 0) is 30.9 Å². The van der Waals surface area contributed by atoms with Crippen molar-refractivity contribution in [3.05, 3.63) is 226 Å². The molecule has 28 heteroatoms. The average molecular weight is 1500 g/mol. The first-order chi connectivity index (χ1) is 53.9. The number of amides is 3. The second-order valence-electron chi connectivity index (χ2n) is 29.8. The van der Waals surface area contributed by atoms with E-state index in [-0.39, 0.29) is 65.0 Å². The summed E-state index contributed by atoms with van der Waals surface area (Å²) in [6.45, 7) is 12.1. The van der Waals surface area contributed by atoms with Gasteiger partial charge in [0.25, 0.3) is 17.7 Å². The molecule has 568 valence electrons. The van der Waals surface area contributed by atoms with Crippen LogP contribution >= 0.6 is 0 Å². The average Bonchev–Trinajstić information content (AvgIpc) is 1.73. The monoisotopic (exact) mass is 1500 g/mol. The topological polar surface area (TPSA) is 277 Å². The highest BCUT2D eigenvalue weighted by atomic mass is 19.1. The normalized spacial score (nSPS) is 17.4. The molecule has 25 nitrogen and oxygen atoms in total. The number of morpholine rings is 1. The third kappa shape index (κ3) is 14.3. The van der Waals surface area contributed by atoms with Gasteiger partial charge in [-0.2, -0.15) is 0 Å². The number of hydrogen-bond acceptors (Lipinski definition) is 19. The van der Waals surface area contributed by atoms with Crippen LogP contribution in [0.25, 0.3) is 50.7 Å². The summed E-state index contributed by atoms with van der Waals surface area (Å²) in [4.78, 5) is 75.1. The van der Waals surface area contributed by atoms with Gasteiger partial charge >= 0.3 is 0 Å². The minimum atomic E-state index is -0.344. The third-order valence-corrected chi connectivity index (χ3v) is 22.5. The molecule has 2 atom stereocenters. The Morgan fingerprint density at radius 3 is 1.29 bits per heavy atom. The number of piperidine rings is 2. The maximum Gasteiger partial charge on any atom is 0.254 e. The largest absolute Gasteiger partial charge is 0.393 e. The number of nitrogens with zero attached hydrogens (tertiary/aromatic N) is 13. The number of carbonyl (C=O) groups is 3. The van der Waals surface area contributed by atoms with Crippen molar-refractivity contribution in [1.29, 1.82) is 0 Å². The molecule has 7 aliphatic rings. The number of aromatic nitrogens is 9. The van der Waals surface area contributed by atoms with Crippen LogP contribution in [0.15, 0.2) is 159 Å². The first-order valence-corrected chi connectivity index (χ1v) is 37.7. The molecule has 3 aromatic carbocycles. The van der Waals surface area contributed by atoms with Crippen LogP contribution in [0.3, 0.4) is 0 Å². The molecule has 1 saturated carbocycles. The fourth-order valence-corrected chi connectivity index (χ4v) is 16.3. The molecule has 0 bridgehead atoms. The van der Waals surface area contributed by atoms with Crippen molar-refractivity contribution in [2.24, 2.45) is 0 Å². The van der Waals surface area contributed by atoms with Crippen molar-refractivity contribution in [2.45, 2.75) is 108 Å². The molecule has 0 radical (unpaired) electrons. The molecule has 8 N–H and O–H groups in total. The highest BCUT2D eigenvalue weighted by molar-refractivity contribution is 6.08. The fraction of sp³-hybridized carbons (Fsp3) is 0.313. The second-order valence-corrected chi connectivity index (χ2v) is 29.8. The van der Waals surface area contributed by atoms with Gasteiger partial charge in [0.2, 0.25) is 0 Å². The lowest BCUT2D eigenvalue weighted by Crippen LogP contribution is -2.48. The zero-order valence-corrected chi connectivity index (χ0v) is 61.8. The van der Waals surface area contributed by atoms with E-state index in [1.807, 2.05) is 94.3 Å². The van der Waals surface area contributed by atoms with E-state index in [1.165, 1.54) is 36.4 Å². The summed E-state index contributed by atoms with van der Waals surface area (Å²) in [6.07, 6.45) is 18.9. The summed E-state index contributed by atoms with van der Waals surface area (Å²) in [6, 6.07) is 32.4. The van der Waals surface area contributed by atoms with Crippen LogP contribution in [0, 0.1) is 17.5 Å². The first-order valence-electron chi connectivity index (χ1n) is 37.7. The number of rotatable bonds is 16. The predicted octanol–water partition coefficient (Wildman–Crippen LogP) is 12.0. The Morgan fingerprint density at radius 1 is 0.514 bits per heavy atom. The van der Waals surface area contributed by atoms with Gasteiger partial charge in [-0.25, -0.2) is 43.1 Å². The van der Waals surface area contributed by atoms with E-state index in [0.29, 0.717) is 94.3 Å². The standard InChI is InChI=1S/C29H30FN7O2.2C27H27FN6O2/c1-35(2)16-22-23(37-11-12-39-17-29(37)8-9-29)5-6-25(34-22)33-21-4-3-19(20-14-32-28(38)27(20)21)24-15-31-26-13-18(30)7-10-36(24)26;2*1-16(33-9-7-19(35)8-10-33)17-2-5-24(29-13-17)32-22-4-3-20(21-14-31-27(36)26(21)22)23-15-30-25-12-18(28)6-11-34(23)25/h3-7,10,13,15H,8-9,11-12,14,16-17H2,1-2H3,(H,32,38)(H,33,34);2*2-6,11-13,15-16,19,35H,7-10,14H2,1H3,(H,29,32)(H,31,36)/t;2*16-/m.10/s1. The Hall–Kier alpha value is -11.7. The number of imidazole rings is 3. The number of hydrogen-bond donors (Lipinski definition) is 8. The molecule has 15 heterocycles. The quantitative estimate of drug-likeness (QED) is 0.0446. The molecule has 1 spiro atoms. The molecular formula is C83H84F3N19O6. The van der Waals surface area contributed by atoms with E-state index in [0.717, 1.165) is 157 Å². The molecule has 9 aromatic heterocycles. The van der Waals surface area contributed by atoms with E-state index >= 15 is 0 Å². The van der Waals surface area contributed by atoms with Crippen molar-refractivity contribution in [3.8, 4) is 33.8 Å². The van der Waals surface area contributed by atoms with Crippen molar-refractivity contribution in [3.63, 3.8) is 0 Å². The lowest BCUT2D eigenvalue weighted by Gasteiger charge is -2.39. The molecule has 1 aliphatic carbocycles. The number of ether oxygens (including phenoxy) is 1. The number of aliphatic hydroxyl groups excluding tert-OH is 2. The highest BCUT2D eigenvalue weighted by Gasteiger charge is 2.51. The molecule has 6 aliphatic heterocycles. The Morgan fingerprint density at radius 2 is 0.910 bits per heavy atom. The van der Waals surface area contributed by atoms with Gasteiger partial charge in [-0.3, -0.25) is 37.4 Å². The van der Waals surface area contributed by atoms with Gasteiger partial charge in [-0.05, 0) is 155 Å². The van der Waals surface area contributed by atoms with Crippen molar-refractivity contribution >= 4 is 74.9 Å². The van der Waals surface area contributed by atoms with Gasteiger partial charge in [0.15, 0.2) is 0 Å². The molecule has 111 heavy (non-hydrogen) atoms. The van der Waals surface area contributed by atoms with Gasteiger partial charge in [0.1, 0.15) is 51.8 Å². The molecule has 4 fully saturated rings. The van der Waals surface area contributed by atoms with Gasteiger partial charge in [-0.1, -0.05) is 30.3 Å². The number of fused-ring (bicyclic) bond motifs is 6. The van der Waals surface area contributed by atoms with Crippen LogP contribution < -0.4 is 36.8 Å². The van der Waals surface area contributed by atoms with Crippen molar-refractivity contribution in [1.82, 2.24) is 73.8 Å². The molecule has 3 amide bonds. The minimum absolute atomic E-state index is 0.105. The summed E-state index contributed by atoms with van der Waals surface area (Å²) < 4.78 is 52.2. The van der Waals surface area contributed by atoms with E-state index in [9.17, 15) is 37.8 Å². The Labute approximate surface area is 637 Å². The zero-order chi connectivity index (χ0) is 76.3. The molecule has 19 rings (SSSR count). The Bertz CT molecular complexity index is 5350. The molecule has 3 saturated heterocycles. The summed E-state index contributed by atoms with van der Waals surface area (Å²) >= 11 is 0. The minimum Gasteiger partial charge on any atom is -0.393 e. The van der Waals surface area contributed by atoms with Crippen LogP contribution in [-0.4, -0.2) is 164 Å². The number of carbonyl (C=O) groups excluding carboxylic acids is 3. The van der Waals surface area contributed by atoms with Gasteiger partial charge in [0, 0.05) is 137 Å². The van der Waals surface area contributed by atoms with Crippen molar-refractivity contribution in [2.75, 3.05) is 80.9 Å². The Kier molecular flexibility index (Phi) is 19.5. The third-order valence-electron chi connectivity index (χ3n) is 22.5. The summed E-state index contributed by atoms with van der Waals surface area (Å²) in [5, 5.41) is 38.4. The second kappa shape index (κ2) is 30.0. The summed E-state index contributed by atoms with van der Waals surface area (Å²) in [5.41, 5.74) is 17.5. The lowest BCUT2D eigenvalue weighted by molar-refractivity contribution is 0.0642. The van der Waals surface area contributed by atoms with E-state index < -0.39 is 0 Å². The molecular weight excluding hydrogens is 1420 g/mol. The predicted molar refractivity (Wildman–Crippen MR) is 416 cm³/mol. The van der Waals surface area contributed by atoms with Gasteiger partial charge in [-0.15, -0.1) is 0 Å². The Balaban J connectivity index is 0.000000121. The molecule has 12 aromatic rings. The van der Waals surface area contributed by atoms with Crippen LogP contribution in [0.4, 0.5) is 53.4 Å². The number of nitrogens with one attached hydrogen (secondary N) is 6. The highest BCUT2D eigenvalue weighted by Crippen LogP contribution is 2.48. The number of pyridine rings is 6. The van der Waals surface area contributed by atoms with Gasteiger partial charge < -0.3 is 56.7 Å². The summed E-state index contributed by atoms with van der Waals surface area (Å²) in [5.74, 6) is 0.539. The number of likely N-dealkylation sites (tertiary alicyclic amines) is 2. The maximum atomic E-state index is 13.7. The van der Waals surface area contributed by atoms with Crippen LogP contribution in [0.1, 0.15) is 129 Å². The number of halogens is 3. The number of anilines is 7. The van der Waals surface area contributed by atoms with E-state index in [4.69, 9.17) is 9.72 Å². The lowest BCUT2D eigenvalue weighted by atomic mass is 9.99. The fourth-order valence-electron chi connectivity index (χ4n) is 16.3. The van der Waals surface area contributed by atoms with Crippen molar-refractivity contribution < 1.29 is 42.5 Å². The van der Waals surface area contributed by atoms with Crippen LogP contribution in [0.2, 0.25) is 0 Å². The van der Waals surface area contributed by atoms with E-state index in [1.54, 1.807) is 37.2 Å². The number of aliphatic hydroxyl groups is 2. The van der Waals surface area contributed by atoms with E-state index in [2.05, 4.69) is 108 Å². The van der Waals surface area contributed by atoms with Gasteiger partial charge in [0.05, 0.1) is 112 Å². The molecule has 0 unspecified atom stereocenters. The number of benzene rings is 3. The summed E-state index contributed by atoms with van der Waals surface area (Å²) in [7, 11) is 4.09. The maximum absolute atomic E-state index is 13.7. The van der Waals surface area contributed by atoms with Crippen LogP contribution in [0.5, 0.6) is 0 Å². The smallest absolute Gasteiger partial charge is 0.254 e. The SMILES string of the molecule is CN(C)Cc1nc(Nc2ccc(-c3cnc4cc(F)ccn34)c3c2C(=O)NC3)ccc1N1CCOCC12CC2.C[C@@H](c1ccc(Nc2ccc(-c3cnc4cc(F)ccn34)c3c2C(=O)NC3)nc1)N1CCC(O)CC1.C[C@H](c1ccc(Nc2ccc(-c3cnc4cc(F)ccn34)c3c2C(=O)NC3)nc1)N1CCC(O)CC1.